The van der Waals surface area contributed by atoms with Crippen molar-refractivity contribution in [2.45, 2.75) is 57.0 Å². The van der Waals surface area contributed by atoms with Gasteiger partial charge in [0.1, 0.15) is 0 Å². The molecule has 0 aromatic carbocycles. The number of nitriles is 1. The number of hydrogen-bond acceptors (Lipinski definition) is 3. The molecule has 2 saturated carbocycles. The van der Waals surface area contributed by atoms with E-state index in [2.05, 4.69) is 11.4 Å². The van der Waals surface area contributed by atoms with E-state index in [1.54, 1.807) is 4.90 Å². The number of carbonyl (C=O) groups is 2. The van der Waals surface area contributed by atoms with Crippen LogP contribution in [0.15, 0.2) is 0 Å². The second kappa shape index (κ2) is 6.60. The summed E-state index contributed by atoms with van der Waals surface area (Å²) in [5.74, 6) is -1.31. The highest BCUT2D eigenvalue weighted by molar-refractivity contribution is 5.77. The Balaban J connectivity index is 1.93. The van der Waals surface area contributed by atoms with Crippen LogP contribution >= 0.6 is 0 Å². The minimum Gasteiger partial charge on any atom is -0.481 e. The zero-order valence-electron chi connectivity index (χ0n) is 11.5. The van der Waals surface area contributed by atoms with E-state index in [0.29, 0.717) is 19.4 Å². The molecule has 2 rings (SSSR count). The fourth-order valence-electron chi connectivity index (χ4n) is 2.85. The quantitative estimate of drug-likeness (QED) is 0.801. The predicted molar refractivity (Wildman–Crippen MR) is 71.9 cm³/mol. The average molecular weight is 279 g/mol. The van der Waals surface area contributed by atoms with Gasteiger partial charge in [-0.3, -0.25) is 4.79 Å². The van der Waals surface area contributed by atoms with E-state index in [-0.39, 0.29) is 18.1 Å². The molecule has 6 nitrogen and oxygen atoms in total. The summed E-state index contributed by atoms with van der Waals surface area (Å²) >= 11 is 0. The van der Waals surface area contributed by atoms with E-state index < -0.39 is 11.9 Å². The highest BCUT2D eigenvalue weighted by Crippen LogP contribution is 2.28. The average Bonchev–Trinajstić information content (AvgIpc) is 3.24. The summed E-state index contributed by atoms with van der Waals surface area (Å²) in [4.78, 5) is 25.2. The lowest BCUT2D eigenvalue weighted by atomic mass is 9.84. The van der Waals surface area contributed by atoms with Gasteiger partial charge in [0.2, 0.25) is 0 Å². The summed E-state index contributed by atoms with van der Waals surface area (Å²) in [6.07, 6.45) is 5.48. The first-order valence-electron chi connectivity index (χ1n) is 7.30. The molecule has 0 radical (unpaired) electrons. The largest absolute Gasteiger partial charge is 0.481 e. The van der Waals surface area contributed by atoms with Crippen LogP contribution in [0.4, 0.5) is 4.79 Å². The summed E-state index contributed by atoms with van der Waals surface area (Å²) < 4.78 is 0. The van der Waals surface area contributed by atoms with E-state index >= 15 is 0 Å². The number of carboxylic acids is 1. The Morgan fingerprint density at radius 3 is 2.55 bits per heavy atom. The van der Waals surface area contributed by atoms with E-state index in [0.717, 1.165) is 32.1 Å². The molecule has 0 heterocycles. The first-order valence-corrected chi connectivity index (χ1v) is 7.30. The zero-order chi connectivity index (χ0) is 14.5. The molecule has 6 heteroatoms. The fourth-order valence-corrected chi connectivity index (χ4v) is 2.85. The smallest absolute Gasteiger partial charge is 0.317 e. The molecule has 2 amide bonds. The monoisotopic (exact) mass is 279 g/mol. The molecule has 0 saturated heterocycles. The highest BCUT2D eigenvalue weighted by atomic mass is 16.4. The van der Waals surface area contributed by atoms with Crippen LogP contribution in [0.1, 0.15) is 44.9 Å². The van der Waals surface area contributed by atoms with Crippen molar-refractivity contribution in [3.63, 3.8) is 0 Å². The third-order valence-corrected chi connectivity index (χ3v) is 4.11. The van der Waals surface area contributed by atoms with Crippen molar-refractivity contribution >= 4 is 12.0 Å². The molecule has 0 aliphatic heterocycles. The lowest BCUT2D eigenvalue weighted by Gasteiger charge is -2.32. The minimum atomic E-state index is -0.829. The minimum absolute atomic E-state index is 0.208. The van der Waals surface area contributed by atoms with Crippen LogP contribution in [0.3, 0.4) is 0 Å². The molecule has 2 N–H and O–H groups in total. The first-order chi connectivity index (χ1) is 9.63. The predicted octanol–water partition coefficient (Wildman–Crippen LogP) is 1.72. The number of carboxylic acid groups (broad SMARTS) is 1. The van der Waals surface area contributed by atoms with Gasteiger partial charge in [-0.1, -0.05) is 12.8 Å². The van der Waals surface area contributed by atoms with Gasteiger partial charge in [-0.15, -0.1) is 0 Å². The summed E-state index contributed by atoms with van der Waals surface area (Å²) in [5.41, 5.74) is 0. The molecule has 20 heavy (non-hydrogen) atoms. The number of amides is 2. The third kappa shape index (κ3) is 3.62. The summed E-state index contributed by atoms with van der Waals surface area (Å²) in [6.45, 7) is 0.428. The number of nitrogens with one attached hydrogen (secondary N) is 1. The summed E-state index contributed by atoms with van der Waals surface area (Å²) in [5, 5.41) is 20.7. The van der Waals surface area contributed by atoms with Crippen molar-refractivity contribution in [2.75, 3.05) is 6.54 Å². The van der Waals surface area contributed by atoms with Crippen molar-refractivity contribution < 1.29 is 14.7 Å². The normalized spacial score (nSPS) is 25.6. The molecular weight excluding hydrogens is 258 g/mol. The van der Waals surface area contributed by atoms with Gasteiger partial charge < -0.3 is 15.3 Å². The zero-order valence-corrected chi connectivity index (χ0v) is 11.5. The maximum atomic E-state index is 12.3. The molecule has 2 aliphatic rings. The van der Waals surface area contributed by atoms with Gasteiger partial charge in [-0.25, -0.2) is 4.79 Å². The molecule has 110 valence electrons. The first kappa shape index (κ1) is 14.6. The van der Waals surface area contributed by atoms with E-state index in [1.165, 1.54) is 0 Å². The van der Waals surface area contributed by atoms with Gasteiger partial charge >= 0.3 is 12.0 Å². The summed E-state index contributed by atoms with van der Waals surface area (Å²) in [6, 6.07) is 1.79. The molecule has 2 unspecified atom stereocenters. The van der Waals surface area contributed by atoms with Crippen molar-refractivity contribution in [3.05, 3.63) is 0 Å². The molecule has 0 bridgehead atoms. The molecule has 2 fully saturated rings. The van der Waals surface area contributed by atoms with Crippen molar-refractivity contribution in [2.24, 2.45) is 5.92 Å². The van der Waals surface area contributed by atoms with Crippen LogP contribution in [-0.2, 0) is 4.79 Å². The Kier molecular flexibility index (Phi) is 4.83. The Morgan fingerprint density at radius 1 is 1.25 bits per heavy atom. The van der Waals surface area contributed by atoms with Crippen LogP contribution in [0, 0.1) is 17.2 Å². The number of hydrogen-bond donors (Lipinski definition) is 2. The van der Waals surface area contributed by atoms with Crippen LogP contribution in [0.2, 0.25) is 0 Å². The SMILES string of the molecule is N#CCCN(C(=O)NC1CCCCC1C(=O)O)C1CC1. The Labute approximate surface area is 118 Å². The lowest BCUT2D eigenvalue weighted by Crippen LogP contribution is -2.51. The fraction of sp³-hybridized carbons (Fsp3) is 0.786. The number of aliphatic carboxylic acids is 1. The van der Waals surface area contributed by atoms with Crippen LogP contribution < -0.4 is 5.32 Å². The number of urea groups is 1. The second-order valence-corrected chi connectivity index (χ2v) is 5.62. The molecule has 0 aromatic heterocycles. The van der Waals surface area contributed by atoms with Gasteiger partial charge in [-0.2, -0.15) is 5.26 Å². The molecule has 0 aromatic rings. The standard InChI is InChI=1S/C14H21N3O3/c15-8-3-9-17(10-6-7-10)14(20)16-12-5-2-1-4-11(12)13(18)19/h10-12H,1-7,9H2,(H,16,20)(H,18,19). The number of rotatable bonds is 5. The maximum absolute atomic E-state index is 12.3. The summed E-state index contributed by atoms with van der Waals surface area (Å²) in [7, 11) is 0. The van der Waals surface area contributed by atoms with Gasteiger partial charge in [0.15, 0.2) is 0 Å². The van der Waals surface area contributed by atoms with Crippen LogP contribution in [-0.4, -0.2) is 40.6 Å². The molecular formula is C14H21N3O3. The molecule has 2 aliphatic carbocycles. The van der Waals surface area contributed by atoms with Crippen LogP contribution in [0.5, 0.6) is 0 Å². The number of nitrogens with zero attached hydrogens (tertiary/aromatic N) is 2. The topological polar surface area (TPSA) is 93.4 Å². The Hall–Kier alpha value is -1.77. The van der Waals surface area contributed by atoms with E-state index in [9.17, 15) is 14.7 Å². The Morgan fingerprint density at radius 2 is 1.95 bits per heavy atom. The second-order valence-electron chi connectivity index (χ2n) is 5.62. The van der Waals surface area contributed by atoms with Gasteiger partial charge in [0.05, 0.1) is 18.4 Å². The van der Waals surface area contributed by atoms with Crippen molar-refractivity contribution in [3.8, 4) is 6.07 Å². The van der Waals surface area contributed by atoms with E-state index in [1.807, 2.05) is 0 Å². The Bertz CT molecular complexity index is 414. The van der Waals surface area contributed by atoms with Gasteiger partial charge in [0.25, 0.3) is 0 Å². The highest BCUT2D eigenvalue weighted by Gasteiger charge is 2.36. The molecule has 2 atom stereocenters. The number of carbonyl (C=O) groups excluding carboxylic acids is 1. The van der Waals surface area contributed by atoms with E-state index in [4.69, 9.17) is 5.26 Å². The van der Waals surface area contributed by atoms with Crippen molar-refractivity contribution in [1.82, 2.24) is 10.2 Å². The van der Waals surface area contributed by atoms with Crippen LogP contribution in [0.25, 0.3) is 0 Å². The third-order valence-electron chi connectivity index (χ3n) is 4.11. The van der Waals surface area contributed by atoms with Gasteiger partial charge in [0, 0.05) is 18.6 Å². The van der Waals surface area contributed by atoms with Crippen molar-refractivity contribution in [1.29, 1.82) is 5.26 Å². The lowest BCUT2D eigenvalue weighted by molar-refractivity contribution is -0.143. The van der Waals surface area contributed by atoms with Gasteiger partial charge in [-0.05, 0) is 25.7 Å². The maximum Gasteiger partial charge on any atom is 0.317 e. The molecule has 0 spiro atoms.